The van der Waals surface area contributed by atoms with Crippen LogP contribution in [0.4, 0.5) is 5.69 Å². The second-order valence-electron chi connectivity index (χ2n) is 4.81. The molecule has 1 aromatic rings. The van der Waals surface area contributed by atoms with Gasteiger partial charge in [-0.25, -0.2) is 0 Å². The highest BCUT2D eigenvalue weighted by Gasteiger charge is 2.17. The Hall–Kier alpha value is -2.04. The summed E-state index contributed by atoms with van der Waals surface area (Å²) >= 11 is 0. The number of anilines is 1. The quantitative estimate of drug-likeness (QED) is 0.609. The van der Waals surface area contributed by atoms with Crippen LogP contribution in [0.25, 0.3) is 0 Å². The van der Waals surface area contributed by atoms with Crippen molar-refractivity contribution < 1.29 is 19.1 Å². The lowest BCUT2D eigenvalue weighted by Gasteiger charge is -2.27. The zero-order chi connectivity index (χ0) is 14.5. The van der Waals surface area contributed by atoms with Gasteiger partial charge in [0, 0.05) is 25.5 Å². The number of hydrogen-bond acceptors (Lipinski definition) is 5. The number of esters is 1. The Morgan fingerprint density at radius 2 is 2.15 bits per heavy atom. The third kappa shape index (κ3) is 3.29. The molecule has 5 nitrogen and oxygen atoms in total. The van der Waals surface area contributed by atoms with Crippen molar-refractivity contribution >= 4 is 17.4 Å². The van der Waals surface area contributed by atoms with Crippen molar-refractivity contribution in [2.45, 2.75) is 19.3 Å². The van der Waals surface area contributed by atoms with Crippen molar-refractivity contribution in [2.24, 2.45) is 0 Å². The van der Waals surface area contributed by atoms with E-state index in [1.807, 2.05) is 19.2 Å². The van der Waals surface area contributed by atoms with Crippen LogP contribution in [0.1, 0.15) is 29.6 Å². The number of fused-ring (bicyclic) bond motifs is 1. The summed E-state index contributed by atoms with van der Waals surface area (Å²) < 4.78 is 10.1. The number of carbonyl (C=O) groups is 2. The predicted molar refractivity (Wildman–Crippen MR) is 75.4 cm³/mol. The van der Waals surface area contributed by atoms with Crippen LogP contribution in [-0.2, 0) is 9.53 Å². The van der Waals surface area contributed by atoms with Gasteiger partial charge in [0.15, 0.2) is 5.78 Å². The standard InChI is InChI=1S/C15H19NO4/c1-16-8-9-20-14-7-6-11(10-12(14)16)13(17)4-3-5-15(18)19-2/h6-7,10H,3-5,8-9H2,1-2H3. The number of hydrogen-bond donors (Lipinski definition) is 0. The van der Waals surface area contributed by atoms with Crippen LogP contribution in [0.2, 0.25) is 0 Å². The van der Waals surface area contributed by atoms with Crippen LogP contribution in [-0.4, -0.2) is 39.1 Å². The molecule has 0 bridgehead atoms. The van der Waals surface area contributed by atoms with E-state index in [0.29, 0.717) is 25.0 Å². The third-order valence-corrected chi connectivity index (χ3v) is 3.39. The minimum absolute atomic E-state index is 0.0377. The van der Waals surface area contributed by atoms with Crippen molar-refractivity contribution in [1.82, 2.24) is 0 Å². The Kier molecular flexibility index (Phi) is 4.61. The molecule has 108 valence electrons. The summed E-state index contributed by atoms with van der Waals surface area (Å²) in [7, 11) is 3.33. The Balaban J connectivity index is 2.00. The van der Waals surface area contributed by atoms with Crippen molar-refractivity contribution in [3.8, 4) is 5.75 Å². The normalized spacial score (nSPS) is 13.4. The van der Waals surface area contributed by atoms with Crippen LogP contribution in [0.3, 0.4) is 0 Å². The highest BCUT2D eigenvalue weighted by Crippen LogP contribution is 2.31. The van der Waals surface area contributed by atoms with Gasteiger partial charge < -0.3 is 14.4 Å². The van der Waals surface area contributed by atoms with Crippen molar-refractivity contribution in [3.63, 3.8) is 0 Å². The maximum absolute atomic E-state index is 12.1. The van der Waals surface area contributed by atoms with Gasteiger partial charge in [0.2, 0.25) is 0 Å². The lowest BCUT2D eigenvalue weighted by atomic mass is 10.0. The molecule has 1 aliphatic heterocycles. The van der Waals surface area contributed by atoms with E-state index < -0.39 is 0 Å². The molecule has 2 rings (SSSR count). The molecule has 0 aliphatic carbocycles. The molecule has 0 spiro atoms. The van der Waals surface area contributed by atoms with Crippen LogP contribution in [0, 0.1) is 0 Å². The first-order valence-corrected chi connectivity index (χ1v) is 6.70. The fraction of sp³-hybridized carbons (Fsp3) is 0.467. The summed E-state index contributed by atoms with van der Waals surface area (Å²) in [6, 6.07) is 5.46. The van der Waals surface area contributed by atoms with Gasteiger partial charge in [0.25, 0.3) is 0 Å². The van der Waals surface area contributed by atoms with Crippen LogP contribution >= 0.6 is 0 Å². The maximum Gasteiger partial charge on any atom is 0.305 e. The van der Waals surface area contributed by atoms with Gasteiger partial charge in [-0.05, 0) is 24.6 Å². The zero-order valence-electron chi connectivity index (χ0n) is 11.8. The first-order valence-electron chi connectivity index (χ1n) is 6.70. The summed E-state index contributed by atoms with van der Waals surface area (Å²) in [6.07, 6.45) is 1.13. The molecule has 20 heavy (non-hydrogen) atoms. The first-order chi connectivity index (χ1) is 9.61. The molecule has 0 saturated carbocycles. The summed E-state index contributed by atoms with van der Waals surface area (Å²) in [5.41, 5.74) is 1.60. The lowest BCUT2D eigenvalue weighted by Crippen LogP contribution is -2.28. The van der Waals surface area contributed by atoms with E-state index in [1.54, 1.807) is 6.07 Å². The Labute approximate surface area is 118 Å². The molecule has 0 fully saturated rings. The van der Waals surface area contributed by atoms with E-state index in [2.05, 4.69) is 9.64 Å². The fourth-order valence-electron chi connectivity index (χ4n) is 2.16. The summed E-state index contributed by atoms with van der Waals surface area (Å²) in [5, 5.41) is 0. The van der Waals surface area contributed by atoms with E-state index in [0.717, 1.165) is 18.0 Å². The molecule has 1 heterocycles. The highest BCUT2D eigenvalue weighted by molar-refractivity contribution is 5.97. The molecule has 1 aliphatic rings. The first kappa shape index (κ1) is 14.4. The van der Waals surface area contributed by atoms with Gasteiger partial charge in [-0.2, -0.15) is 0 Å². The Morgan fingerprint density at radius 1 is 1.35 bits per heavy atom. The Bertz CT molecular complexity index is 513. The third-order valence-electron chi connectivity index (χ3n) is 3.39. The molecular weight excluding hydrogens is 258 g/mol. The molecule has 0 saturated heterocycles. The molecule has 0 atom stereocenters. The minimum Gasteiger partial charge on any atom is -0.490 e. The molecule has 0 unspecified atom stereocenters. The number of methoxy groups -OCH3 is 1. The molecular formula is C15H19NO4. The maximum atomic E-state index is 12.1. The number of Topliss-reactive ketones (excluding diaryl/α,β-unsaturated/α-hetero) is 1. The van der Waals surface area contributed by atoms with E-state index in [4.69, 9.17) is 4.74 Å². The molecule has 1 aromatic carbocycles. The molecule has 0 aromatic heterocycles. The average molecular weight is 277 g/mol. The second kappa shape index (κ2) is 6.41. The predicted octanol–water partition coefficient (Wildman–Crippen LogP) is 2.04. The topological polar surface area (TPSA) is 55.8 Å². The number of likely N-dealkylation sites (N-methyl/N-ethyl adjacent to an activating group) is 1. The number of nitrogens with zero attached hydrogens (tertiary/aromatic N) is 1. The number of carbonyl (C=O) groups excluding carboxylic acids is 2. The zero-order valence-corrected chi connectivity index (χ0v) is 11.8. The van der Waals surface area contributed by atoms with E-state index in [9.17, 15) is 9.59 Å². The number of ether oxygens (including phenoxy) is 2. The summed E-state index contributed by atoms with van der Waals surface area (Å²) in [4.78, 5) is 25.2. The summed E-state index contributed by atoms with van der Waals surface area (Å²) in [6.45, 7) is 1.48. The highest BCUT2D eigenvalue weighted by atomic mass is 16.5. The van der Waals surface area contributed by atoms with Gasteiger partial charge in [-0.15, -0.1) is 0 Å². The smallest absolute Gasteiger partial charge is 0.305 e. The number of benzene rings is 1. The van der Waals surface area contributed by atoms with Gasteiger partial charge in [0.1, 0.15) is 12.4 Å². The summed E-state index contributed by atoms with van der Waals surface area (Å²) in [5.74, 6) is 0.567. The van der Waals surface area contributed by atoms with E-state index in [1.165, 1.54) is 7.11 Å². The number of ketones is 1. The monoisotopic (exact) mass is 277 g/mol. The van der Waals surface area contributed by atoms with Crippen LogP contribution in [0.15, 0.2) is 18.2 Å². The van der Waals surface area contributed by atoms with Crippen LogP contribution in [0.5, 0.6) is 5.75 Å². The molecule has 0 amide bonds. The molecule has 0 radical (unpaired) electrons. The fourth-order valence-corrected chi connectivity index (χ4v) is 2.16. The lowest BCUT2D eigenvalue weighted by molar-refractivity contribution is -0.140. The molecule has 0 N–H and O–H groups in total. The second-order valence-corrected chi connectivity index (χ2v) is 4.81. The van der Waals surface area contributed by atoms with Crippen molar-refractivity contribution in [2.75, 3.05) is 32.2 Å². The minimum atomic E-state index is -0.281. The van der Waals surface area contributed by atoms with Crippen molar-refractivity contribution in [3.05, 3.63) is 23.8 Å². The SMILES string of the molecule is COC(=O)CCCC(=O)c1ccc2c(c1)N(C)CCO2. The van der Waals surface area contributed by atoms with Crippen LogP contribution < -0.4 is 9.64 Å². The van der Waals surface area contributed by atoms with E-state index in [-0.39, 0.29) is 18.2 Å². The average Bonchev–Trinajstić information content (AvgIpc) is 2.47. The molecule has 5 heteroatoms. The largest absolute Gasteiger partial charge is 0.490 e. The van der Waals surface area contributed by atoms with Gasteiger partial charge in [0.05, 0.1) is 19.3 Å². The number of rotatable bonds is 5. The van der Waals surface area contributed by atoms with E-state index >= 15 is 0 Å². The van der Waals surface area contributed by atoms with Gasteiger partial charge >= 0.3 is 5.97 Å². The van der Waals surface area contributed by atoms with Gasteiger partial charge in [-0.3, -0.25) is 9.59 Å². The Morgan fingerprint density at radius 3 is 2.90 bits per heavy atom. The van der Waals surface area contributed by atoms with Gasteiger partial charge in [-0.1, -0.05) is 0 Å². The van der Waals surface area contributed by atoms with Crippen molar-refractivity contribution in [1.29, 1.82) is 0 Å².